The number of allylic oxidation sites excluding steroid dienone is 5. The van der Waals surface area contributed by atoms with E-state index >= 15 is 0 Å². The highest BCUT2D eigenvalue weighted by molar-refractivity contribution is 5.76. The van der Waals surface area contributed by atoms with Gasteiger partial charge in [0.05, 0.1) is 32.0 Å². The fourth-order valence-electron chi connectivity index (χ4n) is 6.55. The molecule has 0 radical (unpaired) electrons. The lowest BCUT2D eigenvalue weighted by molar-refractivity contribution is -0.359. The number of unbranched alkanes of at least 4 members (excludes halogenated alkanes) is 12. The summed E-state index contributed by atoms with van der Waals surface area (Å²) in [6.07, 6.45) is 12.6. The third-order valence-electron chi connectivity index (χ3n) is 10.1. The van der Waals surface area contributed by atoms with Gasteiger partial charge in [0.2, 0.25) is 5.91 Å². The van der Waals surface area contributed by atoms with Gasteiger partial charge in [-0.2, -0.15) is 0 Å². The largest absolute Gasteiger partial charge is 0.394 e. The minimum absolute atomic E-state index is 0.263. The minimum atomic E-state index is -1.79. The van der Waals surface area contributed by atoms with Gasteiger partial charge in [0.25, 0.3) is 0 Å². The van der Waals surface area contributed by atoms with Crippen LogP contribution in [-0.4, -0.2) is 140 Å². The van der Waals surface area contributed by atoms with Crippen LogP contribution in [0.15, 0.2) is 36.5 Å². The molecule has 0 bridgehead atoms. The molecule has 12 atom stereocenters. The smallest absolute Gasteiger partial charge is 0.220 e. The van der Waals surface area contributed by atoms with E-state index in [1.54, 1.807) is 6.08 Å². The molecule has 2 fully saturated rings. The van der Waals surface area contributed by atoms with E-state index in [0.29, 0.717) is 6.42 Å². The average Bonchev–Trinajstić information content (AvgIpc) is 3.18. The summed E-state index contributed by atoms with van der Waals surface area (Å²) >= 11 is 0. The van der Waals surface area contributed by atoms with Crippen molar-refractivity contribution in [2.24, 2.45) is 0 Å². The molecule has 0 aromatic carbocycles. The summed E-state index contributed by atoms with van der Waals surface area (Å²) < 4.78 is 22.4. The van der Waals surface area contributed by atoms with Crippen LogP contribution in [0.25, 0.3) is 0 Å². The molecule has 0 aliphatic carbocycles. The second kappa shape index (κ2) is 29.4. The molecule has 14 nitrogen and oxygen atoms in total. The number of ether oxygens (including phenoxy) is 4. The first-order valence-electron chi connectivity index (χ1n) is 20.7. The van der Waals surface area contributed by atoms with Gasteiger partial charge in [-0.25, -0.2) is 0 Å². The molecular weight excluding hydrogens is 714 g/mol. The Labute approximate surface area is 328 Å². The molecule has 2 aliphatic heterocycles. The van der Waals surface area contributed by atoms with Gasteiger partial charge in [0.15, 0.2) is 12.6 Å². The molecule has 1 amide bonds. The quantitative estimate of drug-likeness (QED) is 0.0393. The van der Waals surface area contributed by atoms with Crippen molar-refractivity contribution in [3.63, 3.8) is 0 Å². The Morgan fingerprint density at radius 3 is 1.85 bits per heavy atom. The molecule has 2 heterocycles. The van der Waals surface area contributed by atoms with Crippen LogP contribution in [0, 0.1) is 0 Å². The van der Waals surface area contributed by atoms with E-state index in [2.05, 4.69) is 43.5 Å². The summed E-state index contributed by atoms with van der Waals surface area (Å²) in [4.78, 5) is 13.0. The van der Waals surface area contributed by atoms with Crippen molar-refractivity contribution in [2.45, 2.75) is 197 Å². The molecule has 0 saturated carbocycles. The van der Waals surface area contributed by atoms with Crippen molar-refractivity contribution in [3.05, 3.63) is 36.5 Å². The molecule has 0 aromatic heterocycles. The van der Waals surface area contributed by atoms with Gasteiger partial charge in [0, 0.05) is 6.42 Å². The topological polar surface area (TPSA) is 228 Å². The number of carbonyl (C=O) groups is 1. The van der Waals surface area contributed by atoms with Gasteiger partial charge in [-0.15, -0.1) is 0 Å². The summed E-state index contributed by atoms with van der Waals surface area (Å²) in [5, 5.41) is 85.8. The fraction of sp³-hybridized carbons (Fsp3) is 0.829. The van der Waals surface area contributed by atoms with Crippen molar-refractivity contribution in [1.82, 2.24) is 5.32 Å². The van der Waals surface area contributed by atoms with Crippen LogP contribution in [0.3, 0.4) is 0 Å². The van der Waals surface area contributed by atoms with Crippen molar-refractivity contribution in [2.75, 3.05) is 19.8 Å². The van der Waals surface area contributed by atoms with E-state index in [1.807, 2.05) is 6.08 Å². The highest BCUT2D eigenvalue weighted by atomic mass is 16.7. The van der Waals surface area contributed by atoms with E-state index in [-0.39, 0.29) is 18.9 Å². The van der Waals surface area contributed by atoms with E-state index in [1.165, 1.54) is 25.7 Å². The maximum atomic E-state index is 13.0. The first-order chi connectivity index (χ1) is 26.6. The number of hydrogen-bond acceptors (Lipinski definition) is 13. The van der Waals surface area contributed by atoms with E-state index in [4.69, 9.17) is 18.9 Å². The van der Waals surface area contributed by atoms with Gasteiger partial charge >= 0.3 is 0 Å². The lowest BCUT2D eigenvalue weighted by Crippen LogP contribution is -2.65. The fourth-order valence-corrected chi connectivity index (χ4v) is 6.55. The van der Waals surface area contributed by atoms with Gasteiger partial charge in [-0.05, 0) is 51.4 Å². The predicted molar refractivity (Wildman–Crippen MR) is 208 cm³/mol. The highest BCUT2D eigenvalue weighted by Crippen LogP contribution is 2.29. The van der Waals surface area contributed by atoms with E-state index in [9.17, 15) is 45.6 Å². The molecule has 14 heteroatoms. The zero-order valence-corrected chi connectivity index (χ0v) is 33.2. The molecule has 12 unspecified atom stereocenters. The summed E-state index contributed by atoms with van der Waals surface area (Å²) in [6.45, 7) is 2.59. The Hall–Kier alpha value is -1.79. The zero-order valence-electron chi connectivity index (χ0n) is 33.2. The molecular formula is C41H73NO13. The van der Waals surface area contributed by atoms with Gasteiger partial charge in [-0.3, -0.25) is 4.79 Å². The Morgan fingerprint density at radius 2 is 1.20 bits per heavy atom. The zero-order chi connectivity index (χ0) is 40.4. The number of aliphatic hydroxyl groups excluding tert-OH is 8. The van der Waals surface area contributed by atoms with Gasteiger partial charge in [-0.1, -0.05) is 102 Å². The van der Waals surface area contributed by atoms with Crippen LogP contribution in [0.5, 0.6) is 0 Å². The van der Waals surface area contributed by atoms with Crippen molar-refractivity contribution >= 4 is 5.91 Å². The molecule has 2 saturated heterocycles. The molecule has 2 rings (SSSR count). The summed E-state index contributed by atoms with van der Waals surface area (Å²) in [7, 11) is 0. The first-order valence-corrected chi connectivity index (χ1v) is 20.7. The maximum Gasteiger partial charge on any atom is 0.220 e. The summed E-state index contributed by atoms with van der Waals surface area (Å²) in [5.41, 5.74) is 0. The lowest BCUT2D eigenvalue weighted by Gasteiger charge is -2.46. The van der Waals surface area contributed by atoms with Crippen LogP contribution >= 0.6 is 0 Å². The van der Waals surface area contributed by atoms with Crippen molar-refractivity contribution < 1.29 is 64.6 Å². The van der Waals surface area contributed by atoms with E-state index in [0.717, 1.165) is 70.6 Å². The van der Waals surface area contributed by atoms with E-state index < -0.39 is 86.8 Å². The Kier molecular flexibility index (Phi) is 26.4. The molecule has 320 valence electrons. The minimum Gasteiger partial charge on any atom is -0.394 e. The van der Waals surface area contributed by atoms with Crippen LogP contribution in [0.4, 0.5) is 0 Å². The lowest BCUT2D eigenvalue weighted by atomic mass is 9.97. The van der Waals surface area contributed by atoms with Crippen molar-refractivity contribution in [3.8, 4) is 0 Å². The first kappa shape index (κ1) is 49.4. The second-order valence-electron chi connectivity index (χ2n) is 14.8. The Bertz CT molecular complexity index is 1070. The molecule has 2 aliphatic rings. The summed E-state index contributed by atoms with van der Waals surface area (Å²) in [5.74, 6) is -0.264. The number of rotatable bonds is 29. The normalized spacial score (nSPS) is 30.1. The summed E-state index contributed by atoms with van der Waals surface area (Å²) in [6, 6.07) is -0.916. The number of hydrogen-bond donors (Lipinski definition) is 9. The SMILES string of the molecule is CCCCC/C=C/C(O)C(COC1OC(CO)C(OC2OC(CO)C(O)C(O)C2O)C(O)C1O)NC(=O)CCCCCCC/C=C\C/C=C\CCCCCC. The maximum absolute atomic E-state index is 13.0. The second-order valence-corrected chi connectivity index (χ2v) is 14.8. The van der Waals surface area contributed by atoms with Crippen LogP contribution in [-0.2, 0) is 23.7 Å². The Morgan fingerprint density at radius 1 is 0.655 bits per heavy atom. The molecule has 9 N–H and O–H groups in total. The number of carbonyl (C=O) groups excluding carboxylic acids is 1. The van der Waals surface area contributed by atoms with Gasteiger partial charge in [0.1, 0.15) is 48.8 Å². The number of nitrogens with one attached hydrogen (secondary N) is 1. The number of amides is 1. The predicted octanol–water partition coefficient (Wildman–Crippen LogP) is 2.81. The standard InChI is InChI=1S/C41H73NO13/c1-3-5-7-9-10-11-12-13-14-15-16-17-18-19-21-23-25-33(46)42-29(30(45)24-22-20-8-6-4-2)28-52-40-38(51)36(49)39(32(27-44)54-40)55-41-37(50)35(48)34(47)31(26-43)53-41/h11-12,14-15,22,24,29-32,34-41,43-45,47-51H,3-10,13,16-21,23,25-28H2,1-2H3,(H,42,46)/b12-11-,15-14-,24-22+. The average molecular weight is 788 g/mol. The van der Waals surface area contributed by atoms with Crippen LogP contribution in [0.1, 0.15) is 123 Å². The third-order valence-corrected chi connectivity index (χ3v) is 10.1. The van der Waals surface area contributed by atoms with Crippen LogP contribution in [0.2, 0.25) is 0 Å². The molecule has 55 heavy (non-hydrogen) atoms. The highest BCUT2D eigenvalue weighted by Gasteiger charge is 2.50. The third kappa shape index (κ3) is 18.6. The number of aliphatic hydroxyl groups is 8. The molecule has 0 aromatic rings. The molecule has 0 spiro atoms. The Balaban J connectivity index is 1.85. The van der Waals surface area contributed by atoms with Gasteiger partial charge < -0.3 is 65.1 Å². The monoisotopic (exact) mass is 788 g/mol. The van der Waals surface area contributed by atoms with Crippen LogP contribution < -0.4 is 5.32 Å². The van der Waals surface area contributed by atoms with Crippen molar-refractivity contribution in [1.29, 1.82) is 0 Å².